The fourth-order valence-corrected chi connectivity index (χ4v) is 3.49. The number of H-pyrrole nitrogens is 1. The van der Waals surface area contributed by atoms with Crippen molar-refractivity contribution in [3.63, 3.8) is 0 Å². The third kappa shape index (κ3) is 4.04. The zero-order chi connectivity index (χ0) is 19.8. The predicted molar refractivity (Wildman–Crippen MR) is 90.6 cm³/mol. The molecule has 1 saturated heterocycles. The van der Waals surface area contributed by atoms with Crippen molar-refractivity contribution in [3.05, 3.63) is 16.7 Å². The van der Waals surface area contributed by atoms with E-state index in [1.165, 1.54) is 25.1 Å². The van der Waals surface area contributed by atoms with Gasteiger partial charge in [0.25, 0.3) is 5.56 Å². The quantitative estimate of drug-likeness (QED) is 0.414. The highest BCUT2D eigenvalue weighted by atomic mass is 31.2. The number of nitrogens with one attached hydrogen (secondary N) is 1. The first-order valence-corrected chi connectivity index (χ1v) is 9.37. The highest BCUT2D eigenvalue weighted by Gasteiger charge is 2.47. The average molecular weight is 405 g/mol. The lowest BCUT2D eigenvalue weighted by molar-refractivity contribution is -0.0578. The Labute approximate surface area is 152 Å². The number of hydrogen-bond donors (Lipinski definition) is 4. The van der Waals surface area contributed by atoms with Crippen LogP contribution in [0.3, 0.4) is 0 Å². The highest BCUT2D eigenvalue weighted by molar-refractivity contribution is 7.46. The van der Waals surface area contributed by atoms with E-state index in [0.29, 0.717) is 0 Å². The molecule has 0 bridgehead atoms. The first-order chi connectivity index (χ1) is 12.7. The van der Waals surface area contributed by atoms with Crippen LogP contribution in [0.15, 0.2) is 11.1 Å². The molecule has 0 saturated carbocycles. The number of anilines is 1. The van der Waals surface area contributed by atoms with Gasteiger partial charge < -0.3 is 29.7 Å². The Morgan fingerprint density at radius 1 is 1.41 bits per heavy atom. The summed E-state index contributed by atoms with van der Waals surface area (Å²) in [7, 11) is -1.74. The van der Waals surface area contributed by atoms with Gasteiger partial charge in [-0.2, -0.15) is 4.98 Å². The van der Waals surface area contributed by atoms with Gasteiger partial charge >= 0.3 is 7.82 Å². The summed E-state index contributed by atoms with van der Waals surface area (Å²) in [5, 5.41) is 0. The number of methoxy groups -OCH3 is 2. The Hall–Kier alpha value is -1.86. The van der Waals surface area contributed by atoms with E-state index in [1.807, 2.05) is 0 Å². The van der Waals surface area contributed by atoms with Crippen LogP contribution in [0.2, 0.25) is 0 Å². The Kier molecular flexibility index (Phi) is 5.63. The van der Waals surface area contributed by atoms with Crippen molar-refractivity contribution in [1.29, 1.82) is 0 Å². The maximum Gasteiger partial charge on any atom is 0.469 e. The highest BCUT2D eigenvalue weighted by Crippen LogP contribution is 2.41. The molecule has 4 atom stereocenters. The molecular formula is C13H20N5O8P. The van der Waals surface area contributed by atoms with Gasteiger partial charge in [0.2, 0.25) is 5.95 Å². The molecule has 2 aromatic rings. The summed E-state index contributed by atoms with van der Waals surface area (Å²) in [6, 6.07) is 0. The van der Waals surface area contributed by atoms with E-state index in [1.54, 1.807) is 0 Å². The van der Waals surface area contributed by atoms with Crippen LogP contribution >= 0.6 is 7.82 Å². The number of hydrogen-bond acceptors (Lipinski definition) is 9. The van der Waals surface area contributed by atoms with Crippen LogP contribution in [0.25, 0.3) is 11.2 Å². The lowest BCUT2D eigenvalue weighted by Gasteiger charge is -2.22. The minimum Gasteiger partial charge on any atom is -0.384 e. The number of phosphoric acid groups is 1. The molecule has 0 radical (unpaired) electrons. The van der Waals surface area contributed by atoms with Crippen molar-refractivity contribution >= 4 is 24.9 Å². The Balaban J connectivity index is 1.97. The van der Waals surface area contributed by atoms with Crippen LogP contribution in [0.1, 0.15) is 6.23 Å². The molecular weight excluding hydrogens is 385 g/mol. The molecule has 3 rings (SSSR count). The molecule has 0 unspecified atom stereocenters. The van der Waals surface area contributed by atoms with Gasteiger partial charge in [0.05, 0.1) is 25.6 Å². The molecule has 13 nitrogen and oxygen atoms in total. The molecule has 5 N–H and O–H groups in total. The van der Waals surface area contributed by atoms with Gasteiger partial charge in [-0.1, -0.05) is 0 Å². The molecule has 0 aromatic carbocycles. The fraction of sp³-hybridized carbons (Fsp3) is 0.615. The Morgan fingerprint density at radius 2 is 2.15 bits per heavy atom. The first kappa shape index (κ1) is 19.9. The van der Waals surface area contributed by atoms with E-state index in [9.17, 15) is 9.36 Å². The number of aromatic nitrogens is 4. The number of phosphoric ester groups is 1. The summed E-state index contributed by atoms with van der Waals surface area (Å²) in [5.74, 6) is -0.496. The summed E-state index contributed by atoms with van der Waals surface area (Å²) >= 11 is 0. The summed E-state index contributed by atoms with van der Waals surface area (Å²) in [5.41, 5.74) is 5.37. The van der Waals surface area contributed by atoms with Gasteiger partial charge in [0, 0.05) is 20.1 Å². The van der Waals surface area contributed by atoms with E-state index in [2.05, 4.69) is 19.5 Å². The lowest BCUT2D eigenvalue weighted by Crippen LogP contribution is -2.33. The number of fused-ring (bicyclic) bond motifs is 1. The first-order valence-electron chi connectivity index (χ1n) is 7.84. The molecule has 0 spiro atoms. The minimum atomic E-state index is -4.68. The molecule has 1 aliphatic rings. The number of nitrogen functional groups attached to an aromatic ring is 1. The third-order valence-corrected chi connectivity index (χ3v) is 4.74. The van der Waals surface area contributed by atoms with Gasteiger partial charge in [-0.25, -0.2) is 9.55 Å². The Morgan fingerprint density at radius 3 is 2.78 bits per heavy atom. The van der Waals surface area contributed by atoms with E-state index in [0.717, 1.165) is 0 Å². The number of nitrogens with two attached hydrogens (primary N) is 1. The van der Waals surface area contributed by atoms with Gasteiger partial charge in [-0.15, -0.1) is 0 Å². The van der Waals surface area contributed by atoms with E-state index in [4.69, 9.17) is 29.7 Å². The molecule has 0 amide bonds. The largest absolute Gasteiger partial charge is 0.469 e. The fourth-order valence-electron chi connectivity index (χ4n) is 3.15. The van der Waals surface area contributed by atoms with Crippen LogP contribution in [-0.2, 0) is 23.3 Å². The normalized spacial score (nSPS) is 26.1. The summed E-state index contributed by atoms with van der Waals surface area (Å²) < 4.78 is 33.7. The van der Waals surface area contributed by atoms with Crippen LogP contribution in [-0.4, -0.2) is 68.9 Å². The molecule has 14 heteroatoms. The van der Waals surface area contributed by atoms with E-state index >= 15 is 0 Å². The monoisotopic (exact) mass is 405 g/mol. The SMILES string of the molecule is COC[C@H]1[C@@H](OC)[C@H](n2cnc3c(=O)[nH]c(N)nc32)O[C@@H]1COP(=O)(O)O. The maximum absolute atomic E-state index is 12.0. The standard InChI is InChI=1S/C13H20N5O8P/c1-23-3-6-7(4-25-27(20,21)22)26-12(9(6)24-2)18-5-15-8-10(18)16-13(14)17-11(8)19/h5-7,9,12H,3-4H2,1-2H3,(H2,20,21,22)(H3,14,16,17,19)/t6-,7-,9-,12-/m1/s1. The number of ether oxygens (including phenoxy) is 3. The molecule has 1 aliphatic heterocycles. The number of rotatable bonds is 7. The average Bonchev–Trinajstić information content (AvgIpc) is 3.14. The predicted octanol–water partition coefficient (Wildman–Crippen LogP) is -1.01. The van der Waals surface area contributed by atoms with Crippen molar-refractivity contribution in [2.24, 2.45) is 5.92 Å². The topological polar surface area (TPSA) is 184 Å². The van der Waals surface area contributed by atoms with Gasteiger partial charge in [-0.3, -0.25) is 18.9 Å². The number of imidazole rings is 1. The second-order valence-corrected chi connectivity index (χ2v) is 7.19. The number of aromatic amines is 1. The van der Waals surface area contributed by atoms with Gasteiger partial charge in [-0.05, 0) is 0 Å². The van der Waals surface area contributed by atoms with Gasteiger partial charge in [0.1, 0.15) is 6.10 Å². The molecule has 1 fully saturated rings. The van der Waals surface area contributed by atoms with E-state index in [-0.39, 0.29) is 30.3 Å². The van der Waals surface area contributed by atoms with Crippen LogP contribution in [0.5, 0.6) is 0 Å². The number of nitrogens with zero attached hydrogens (tertiary/aromatic N) is 3. The summed E-state index contributed by atoms with van der Waals surface area (Å²) in [4.78, 5) is 40.4. The lowest BCUT2D eigenvalue weighted by atomic mass is 9.99. The molecule has 150 valence electrons. The van der Waals surface area contributed by atoms with Crippen molar-refractivity contribution in [1.82, 2.24) is 19.5 Å². The molecule has 2 aromatic heterocycles. The van der Waals surface area contributed by atoms with Crippen LogP contribution in [0, 0.1) is 5.92 Å². The van der Waals surface area contributed by atoms with Crippen molar-refractivity contribution in [3.8, 4) is 0 Å². The third-order valence-electron chi connectivity index (χ3n) is 4.26. The van der Waals surface area contributed by atoms with E-state index < -0.39 is 37.7 Å². The minimum absolute atomic E-state index is 0.0702. The zero-order valence-electron chi connectivity index (χ0n) is 14.5. The molecule has 3 heterocycles. The maximum atomic E-state index is 12.0. The molecule has 27 heavy (non-hydrogen) atoms. The van der Waals surface area contributed by atoms with Crippen molar-refractivity contribution in [2.45, 2.75) is 18.4 Å². The van der Waals surface area contributed by atoms with Crippen LogP contribution < -0.4 is 11.3 Å². The second-order valence-electron chi connectivity index (χ2n) is 5.95. The smallest absolute Gasteiger partial charge is 0.384 e. The molecule has 0 aliphatic carbocycles. The zero-order valence-corrected chi connectivity index (χ0v) is 15.4. The Bertz CT molecular complexity index is 910. The summed E-state index contributed by atoms with van der Waals surface area (Å²) in [6.45, 7) is -0.190. The van der Waals surface area contributed by atoms with Crippen LogP contribution in [0.4, 0.5) is 5.95 Å². The summed E-state index contributed by atoms with van der Waals surface area (Å²) in [6.07, 6.45) is -0.766. The van der Waals surface area contributed by atoms with Crippen molar-refractivity contribution < 1.29 is 33.1 Å². The van der Waals surface area contributed by atoms with Crippen molar-refractivity contribution in [2.75, 3.05) is 33.2 Å². The van der Waals surface area contributed by atoms with Gasteiger partial charge in [0.15, 0.2) is 17.4 Å². The second kappa shape index (κ2) is 7.64.